The first-order valence-electron chi connectivity index (χ1n) is 11.3. The summed E-state index contributed by atoms with van der Waals surface area (Å²) in [5, 5.41) is 34.6. The third-order valence-corrected chi connectivity index (χ3v) is 6.52. The number of nitrogens with two attached hydrogens (primary N) is 1. The minimum atomic E-state index is -1.41. The number of nitrogen functional groups attached to an aromatic ring is 1. The lowest BCUT2D eigenvalue weighted by Gasteiger charge is -2.30. The Morgan fingerprint density at radius 2 is 2.09 bits per heavy atom. The molecule has 11 nitrogen and oxygen atoms in total. The number of hydrogen-bond acceptors (Lipinski definition) is 9. The Balaban J connectivity index is 1.43. The second-order valence-corrected chi connectivity index (χ2v) is 9.45. The van der Waals surface area contributed by atoms with Gasteiger partial charge in [0.25, 0.3) is 5.91 Å². The highest BCUT2D eigenvalue weighted by Crippen LogP contribution is 2.34. The lowest BCUT2D eigenvalue weighted by atomic mass is 9.79. The topological polar surface area (TPSA) is 169 Å². The van der Waals surface area contributed by atoms with Gasteiger partial charge in [0.1, 0.15) is 23.3 Å². The molecular formula is C22H28N6O5. The first-order chi connectivity index (χ1) is 15.7. The third kappa shape index (κ3) is 4.27. The molecule has 2 aliphatic carbocycles. The lowest BCUT2D eigenvalue weighted by Crippen LogP contribution is -2.43. The number of aliphatic hydroxyl groups is 3. The van der Waals surface area contributed by atoms with E-state index < -0.39 is 36.0 Å². The number of aromatic nitrogens is 4. The Labute approximate surface area is 190 Å². The van der Waals surface area contributed by atoms with Gasteiger partial charge in [-0.1, -0.05) is 19.3 Å². The normalized spacial score (nSPS) is 34.1. The summed E-state index contributed by atoms with van der Waals surface area (Å²) in [7, 11) is 0. The minimum absolute atomic E-state index is 0.0862. The van der Waals surface area contributed by atoms with Gasteiger partial charge >= 0.3 is 0 Å². The Hall–Kier alpha value is -2.78. The van der Waals surface area contributed by atoms with Gasteiger partial charge in [-0.05, 0) is 43.9 Å². The van der Waals surface area contributed by atoms with Crippen molar-refractivity contribution in [3.8, 4) is 11.8 Å². The van der Waals surface area contributed by atoms with Crippen molar-refractivity contribution < 1.29 is 24.9 Å². The van der Waals surface area contributed by atoms with E-state index in [4.69, 9.17) is 10.5 Å². The van der Waals surface area contributed by atoms with Crippen LogP contribution >= 0.6 is 0 Å². The molecule has 2 saturated carbocycles. The number of rotatable bonds is 3. The van der Waals surface area contributed by atoms with Crippen LogP contribution in [0, 0.1) is 17.8 Å². The van der Waals surface area contributed by atoms with Crippen molar-refractivity contribution in [1.29, 1.82) is 0 Å². The summed E-state index contributed by atoms with van der Waals surface area (Å²) in [6.45, 7) is 2.09. The largest absolute Gasteiger partial charge is 0.387 e. The summed E-state index contributed by atoms with van der Waals surface area (Å²) in [6, 6.07) is 0.0919. The number of amides is 1. The molecule has 0 aromatic carbocycles. The molecule has 5 rings (SSSR count). The maximum absolute atomic E-state index is 12.4. The lowest BCUT2D eigenvalue weighted by molar-refractivity contribution is -0.137. The molecule has 1 saturated heterocycles. The van der Waals surface area contributed by atoms with E-state index in [1.807, 2.05) is 0 Å². The molecule has 0 bridgehead atoms. The summed E-state index contributed by atoms with van der Waals surface area (Å²) >= 11 is 0. The summed E-state index contributed by atoms with van der Waals surface area (Å²) in [4.78, 5) is 25.2. The van der Waals surface area contributed by atoms with Crippen molar-refractivity contribution in [3.63, 3.8) is 0 Å². The molecule has 2 aromatic rings. The van der Waals surface area contributed by atoms with Crippen LogP contribution in [0.25, 0.3) is 11.2 Å². The number of fused-ring (bicyclic) bond motifs is 1. The highest BCUT2D eigenvalue weighted by Gasteiger charge is 2.48. The molecule has 3 heterocycles. The van der Waals surface area contributed by atoms with Gasteiger partial charge in [-0.2, -0.15) is 0 Å². The van der Waals surface area contributed by atoms with Crippen LogP contribution in [-0.4, -0.2) is 70.7 Å². The highest BCUT2D eigenvalue weighted by atomic mass is 16.6. The van der Waals surface area contributed by atoms with Crippen molar-refractivity contribution in [2.24, 2.45) is 5.92 Å². The minimum Gasteiger partial charge on any atom is -0.387 e. The van der Waals surface area contributed by atoms with E-state index in [0.717, 1.165) is 25.7 Å². The number of aliphatic hydroxyl groups excluding tert-OH is 2. The quantitative estimate of drug-likeness (QED) is 0.386. The van der Waals surface area contributed by atoms with E-state index in [0.29, 0.717) is 18.8 Å². The smallest absolute Gasteiger partial charge is 0.252 e. The zero-order valence-corrected chi connectivity index (χ0v) is 18.3. The van der Waals surface area contributed by atoms with E-state index in [1.165, 1.54) is 10.9 Å². The standard InChI is InChI=1S/C22H28N6O5/c1-11-3-2-7-22(32,9-11)8-6-13-26-18(23)14-19(27-13)28(10-24-14)21-16(30)15(29)17(33-21)20(31)25-12-4-5-12/h10-12,15-17,21,29-30,32H,2-5,7,9H2,1H3,(H,25,31)(H2,23,26,27)/t11-,15?,16?,17?,21?,22-/m0/s1. The molecule has 0 spiro atoms. The van der Waals surface area contributed by atoms with E-state index in [9.17, 15) is 20.1 Å². The van der Waals surface area contributed by atoms with Crippen molar-refractivity contribution in [2.45, 2.75) is 81.6 Å². The molecule has 3 fully saturated rings. The van der Waals surface area contributed by atoms with Crippen LogP contribution in [0.2, 0.25) is 0 Å². The molecular weight excluding hydrogens is 428 g/mol. The van der Waals surface area contributed by atoms with E-state index in [1.54, 1.807) is 0 Å². The Morgan fingerprint density at radius 3 is 2.82 bits per heavy atom. The number of nitrogens with zero attached hydrogens (tertiary/aromatic N) is 4. The molecule has 4 unspecified atom stereocenters. The Bertz CT molecular complexity index is 1140. The summed E-state index contributed by atoms with van der Waals surface area (Å²) in [5.41, 5.74) is 5.49. The van der Waals surface area contributed by atoms with E-state index >= 15 is 0 Å². The van der Waals surface area contributed by atoms with Crippen molar-refractivity contribution in [3.05, 3.63) is 12.2 Å². The average Bonchev–Trinajstić information content (AvgIpc) is 3.40. The van der Waals surface area contributed by atoms with Gasteiger partial charge in [-0.15, -0.1) is 0 Å². The van der Waals surface area contributed by atoms with Crippen LogP contribution in [-0.2, 0) is 9.53 Å². The average molecular weight is 457 g/mol. The molecule has 6 N–H and O–H groups in total. The van der Waals surface area contributed by atoms with Gasteiger partial charge in [0.05, 0.1) is 6.33 Å². The van der Waals surface area contributed by atoms with Gasteiger partial charge in [0, 0.05) is 6.04 Å². The van der Waals surface area contributed by atoms with Gasteiger partial charge in [0.15, 0.2) is 23.8 Å². The van der Waals surface area contributed by atoms with Gasteiger partial charge in [-0.3, -0.25) is 9.36 Å². The number of anilines is 1. The first-order valence-corrected chi connectivity index (χ1v) is 11.3. The fraction of sp³-hybridized carbons (Fsp3) is 0.636. The zero-order chi connectivity index (χ0) is 23.3. The van der Waals surface area contributed by atoms with Crippen molar-refractivity contribution in [2.75, 3.05) is 5.73 Å². The van der Waals surface area contributed by atoms with Gasteiger partial charge in [-0.25, -0.2) is 15.0 Å². The molecule has 0 radical (unpaired) electrons. The van der Waals surface area contributed by atoms with Crippen LogP contribution in [0.1, 0.15) is 57.5 Å². The van der Waals surface area contributed by atoms with Gasteiger partial charge in [0.2, 0.25) is 5.82 Å². The van der Waals surface area contributed by atoms with Crippen LogP contribution in [0.3, 0.4) is 0 Å². The molecule has 11 heteroatoms. The molecule has 176 valence electrons. The van der Waals surface area contributed by atoms with Crippen LogP contribution in [0.5, 0.6) is 0 Å². The SMILES string of the molecule is C[C@H]1CCC[C@](O)(C#Cc2nc(N)c3ncn(C4OC(C(=O)NC5CC5)C(O)C4O)c3n2)C1. The van der Waals surface area contributed by atoms with Crippen LogP contribution in [0.15, 0.2) is 6.33 Å². The Kier molecular flexibility index (Phi) is 5.49. The fourth-order valence-corrected chi connectivity index (χ4v) is 4.61. The number of imidazole rings is 1. The van der Waals surface area contributed by atoms with E-state index in [-0.39, 0.29) is 28.8 Å². The number of carbonyl (C=O) groups is 1. The second-order valence-electron chi connectivity index (χ2n) is 9.45. The molecule has 2 aromatic heterocycles. The zero-order valence-electron chi connectivity index (χ0n) is 18.3. The summed E-state index contributed by atoms with van der Waals surface area (Å²) in [6.07, 6.45) is 1.17. The number of ether oxygens (including phenoxy) is 1. The predicted molar refractivity (Wildman–Crippen MR) is 116 cm³/mol. The number of carbonyl (C=O) groups excluding carboxylic acids is 1. The predicted octanol–water partition coefficient (Wildman–Crippen LogP) is -0.401. The third-order valence-electron chi connectivity index (χ3n) is 6.52. The molecule has 3 aliphatic rings. The summed E-state index contributed by atoms with van der Waals surface area (Å²) in [5.74, 6) is 5.83. The number of nitrogens with one attached hydrogen (secondary N) is 1. The highest BCUT2D eigenvalue weighted by molar-refractivity contribution is 5.83. The monoisotopic (exact) mass is 456 g/mol. The summed E-state index contributed by atoms with van der Waals surface area (Å²) < 4.78 is 7.14. The first kappa shape index (κ1) is 22.0. The van der Waals surface area contributed by atoms with E-state index in [2.05, 4.69) is 39.0 Å². The van der Waals surface area contributed by atoms with Crippen LogP contribution < -0.4 is 11.1 Å². The molecule has 1 aliphatic heterocycles. The van der Waals surface area contributed by atoms with Gasteiger partial charge < -0.3 is 31.1 Å². The maximum atomic E-state index is 12.4. The van der Waals surface area contributed by atoms with Crippen molar-refractivity contribution >= 4 is 22.9 Å². The van der Waals surface area contributed by atoms with Crippen LogP contribution in [0.4, 0.5) is 5.82 Å². The maximum Gasteiger partial charge on any atom is 0.252 e. The Morgan fingerprint density at radius 1 is 1.30 bits per heavy atom. The number of hydrogen-bond donors (Lipinski definition) is 5. The molecule has 33 heavy (non-hydrogen) atoms. The second kappa shape index (κ2) is 8.22. The molecule has 1 amide bonds. The molecule has 6 atom stereocenters. The fourth-order valence-electron chi connectivity index (χ4n) is 4.61. The van der Waals surface area contributed by atoms with Crippen molar-refractivity contribution in [1.82, 2.24) is 24.8 Å².